The van der Waals surface area contributed by atoms with Gasteiger partial charge in [0, 0.05) is 30.7 Å². The molecule has 2 heterocycles. The van der Waals surface area contributed by atoms with Crippen LogP contribution >= 0.6 is 0 Å². The van der Waals surface area contributed by atoms with Gasteiger partial charge in [-0.1, -0.05) is 19.3 Å². The number of rotatable bonds is 3. The van der Waals surface area contributed by atoms with Crippen LogP contribution < -0.4 is 5.73 Å². The highest BCUT2D eigenvalue weighted by molar-refractivity contribution is 5.02. The third-order valence-corrected chi connectivity index (χ3v) is 6.23. The van der Waals surface area contributed by atoms with Crippen molar-refractivity contribution in [3.8, 4) is 0 Å². The van der Waals surface area contributed by atoms with E-state index in [1.54, 1.807) is 0 Å². The van der Waals surface area contributed by atoms with Gasteiger partial charge in [-0.2, -0.15) is 0 Å². The van der Waals surface area contributed by atoms with Gasteiger partial charge in [-0.15, -0.1) is 0 Å². The SMILES string of the molecule is CN(C1CCCCC1)C1(CN)CCN2CCCC2C1. The van der Waals surface area contributed by atoms with E-state index < -0.39 is 0 Å². The second-order valence-corrected chi connectivity index (χ2v) is 7.12. The normalized spacial score (nSPS) is 37.7. The van der Waals surface area contributed by atoms with E-state index in [9.17, 15) is 0 Å². The number of hydrogen-bond donors (Lipinski definition) is 1. The fourth-order valence-corrected chi connectivity index (χ4v) is 4.82. The Labute approximate surface area is 118 Å². The topological polar surface area (TPSA) is 32.5 Å². The molecule has 2 atom stereocenters. The summed E-state index contributed by atoms with van der Waals surface area (Å²) in [6.45, 7) is 3.46. The third kappa shape index (κ3) is 2.57. The first-order valence-electron chi connectivity index (χ1n) is 8.42. The van der Waals surface area contributed by atoms with Crippen LogP contribution in [0.1, 0.15) is 57.8 Å². The van der Waals surface area contributed by atoms with Gasteiger partial charge >= 0.3 is 0 Å². The van der Waals surface area contributed by atoms with Gasteiger partial charge in [-0.05, 0) is 52.1 Å². The summed E-state index contributed by atoms with van der Waals surface area (Å²) in [7, 11) is 2.37. The smallest absolute Gasteiger partial charge is 0.0358 e. The van der Waals surface area contributed by atoms with E-state index in [4.69, 9.17) is 5.73 Å². The second-order valence-electron chi connectivity index (χ2n) is 7.12. The molecular weight excluding hydrogens is 234 g/mol. The number of likely N-dealkylation sites (N-methyl/N-ethyl adjacent to an activating group) is 1. The summed E-state index contributed by atoms with van der Waals surface area (Å²) in [6.07, 6.45) is 12.5. The first-order chi connectivity index (χ1) is 9.25. The lowest BCUT2D eigenvalue weighted by Crippen LogP contribution is -2.62. The van der Waals surface area contributed by atoms with E-state index in [1.807, 2.05) is 0 Å². The Bertz CT molecular complexity index is 300. The first kappa shape index (κ1) is 13.8. The molecule has 0 bridgehead atoms. The van der Waals surface area contributed by atoms with Crippen molar-refractivity contribution in [1.29, 1.82) is 0 Å². The summed E-state index contributed by atoms with van der Waals surface area (Å²) in [4.78, 5) is 5.42. The zero-order valence-corrected chi connectivity index (χ0v) is 12.6. The standard InChI is InChI=1S/C16H31N3/c1-18(14-6-3-2-4-7-14)16(13-17)9-11-19-10-5-8-15(19)12-16/h14-15H,2-13,17H2,1H3. The van der Waals surface area contributed by atoms with E-state index in [-0.39, 0.29) is 0 Å². The van der Waals surface area contributed by atoms with Crippen LogP contribution in [0, 0.1) is 0 Å². The maximum Gasteiger partial charge on any atom is 0.0358 e. The van der Waals surface area contributed by atoms with Crippen molar-refractivity contribution in [3.63, 3.8) is 0 Å². The molecule has 110 valence electrons. The van der Waals surface area contributed by atoms with Gasteiger partial charge in [-0.25, -0.2) is 0 Å². The highest BCUT2D eigenvalue weighted by Gasteiger charge is 2.44. The largest absolute Gasteiger partial charge is 0.329 e. The van der Waals surface area contributed by atoms with Crippen molar-refractivity contribution < 1.29 is 0 Å². The van der Waals surface area contributed by atoms with Crippen LogP contribution in [-0.2, 0) is 0 Å². The van der Waals surface area contributed by atoms with Gasteiger partial charge in [0.2, 0.25) is 0 Å². The van der Waals surface area contributed by atoms with Gasteiger partial charge in [0.25, 0.3) is 0 Å². The summed E-state index contributed by atoms with van der Waals surface area (Å²) in [6, 6.07) is 1.62. The van der Waals surface area contributed by atoms with Gasteiger partial charge in [0.15, 0.2) is 0 Å². The Morgan fingerprint density at radius 3 is 2.63 bits per heavy atom. The van der Waals surface area contributed by atoms with E-state index >= 15 is 0 Å². The molecule has 2 unspecified atom stereocenters. The van der Waals surface area contributed by atoms with Crippen molar-refractivity contribution in [2.24, 2.45) is 5.73 Å². The monoisotopic (exact) mass is 265 g/mol. The van der Waals surface area contributed by atoms with Crippen LogP contribution in [0.25, 0.3) is 0 Å². The Balaban J connectivity index is 1.70. The van der Waals surface area contributed by atoms with Crippen LogP contribution in [0.2, 0.25) is 0 Å². The summed E-state index contributed by atoms with van der Waals surface area (Å²) >= 11 is 0. The van der Waals surface area contributed by atoms with Crippen LogP contribution in [0.15, 0.2) is 0 Å². The number of hydrogen-bond acceptors (Lipinski definition) is 3. The predicted molar refractivity (Wildman–Crippen MR) is 80.3 cm³/mol. The second kappa shape index (κ2) is 5.71. The maximum absolute atomic E-state index is 6.27. The Kier molecular flexibility index (Phi) is 4.16. The first-order valence-corrected chi connectivity index (χ1v) is 8.42. The molecule has 0 radical (unpaired) electrons. The molecule has 3 rings (SSSR count). The molecule has 3 aliphatic rings. The fourth-order valence-electron chi connectivity index (χ4n) is 4.82. The van der Waals surface area contributed by atoms with E-state index in [0.717, 1.165) is 18.6 Å². The van der Waals surface area contributed by atoms with Crippen molar-refractivity contribution in [1.82, 2.24) is 9.80 Å². The minimum absolute atomic E-state index is 0.299. The number of nitrogens with zero attached hydrogens (tertiary/aromatic N) is 2. The average Bonchev–Trinajstić information content (AvgIpc) is 2.94. The minimum Gasteiger partial charge on any atom is -0.329 e. The Morgan fingerprint density at radius 1 is 1.11 bits per heavy atom. The number of nitrogens with two attached hydrogens (primary N) is 1. The molecule has 2 N–H and O–H groups in total. The highest BCUT2D eigenvalue weighted by Crippen LogP contribution is 2.38. The minimum atomic E-state index is 0.299. The molecule has 0 aromatic rings. The summed E-state index contributed by atoms with van der Waals surface area (Å²) in [5, 5.41) is 0. The summed E-state index contributed by atoms with van der Waals surface area (Å²) in [5.74, 6) is 0. The maximum atomic E-state index is 6.27. The van der Waals surface area contributed by atoms with Crippen molar-refractivity contribution in [2.75, 3.05) is 26.7 Å². The van der Waals surface area contributed by atoms with E-state index in [1.165, 1.54) is 70.9 Å². The zero-order chi connectivity index (χ0) is 13.3. The molecule has 3 nitrogen and oxygen atoms in total. The van der Waals surface area contributed by atoms with Gasteiger partial charge in [0.1, 0.15) is 0 Å². The van der Waals surface area contributed by atoms with Gasteiger partial charge in [-0.3, -0.25) is 4.90 Å². The molecule has 0 spiro atoms. The summed E-state index contributed by atoms with van der Waals surface area (Å²) in [5.41, 5.74) is 6.57. The Hall–Kier alpha value is -0.120. The van der Waals surface area contributed by atoms with E-state index in [2.05, 4.69) is 16.8 Å². The molecule has 2 aliphatic heterocycles. The van der Waals surface area contributed by atoms with Crippen LogP contribution in [0.5, 0.6) is 0 Å². The van der Waals surface area contributed by atoms with Crippen molar-refractivity contribution in [2.45, 2.75) is 75.4 Å². The average molecular weight is 265 g/mol. The van der Waals surface area contributed by atoms with Crippen LogP contribution in [0.4, 0.5) is 0 Å². The number of fused-ring (bicyclic) bond motifs is 1. The molecule has 3 fully saturated rings. The molecule has 1 aliphatic carbocycles. The number of piperidine rings is 1. The summed E-state index contributed by atoms with van der Waals surface area (Å²) < 4.78 is 0. The molecule has 0 aromatic carbocycles. The van der Waals surface area contributed by atoms with Crippen LogP contribution in [-0.4, -0.2) is 54.1 Å². The zero-order valence-electron chi connectivity index (χ0n) is 12.6. The lowest BCUT2D eigenvalue weighted by Gasteiger charge is -2.52. The molecule has 3 heteroatoms. The lowest BCUT2D eigenvalue weighted by atomic mass is 9.79. The van der Waals surface area contributed by atoms with Gasteiger partial charge < -0.3 is 10.6 Å². The Morgan fingerprint density at radius 2 is 1.89 bits per heavy atom. The molecule has 0 aromatic heterocycles. The van der Waals surface area contributed by atoms with E-state index in [0.29, 0.717) is 5.54 Å². The molecule has 19 heavy (non-hydrogen) atoms. The molecular formula is C16H31N3. The fraction of sp³-hybridized carbons (Fsp3) is 1.00. The quantitative estimate of drug-likeness (QED) is 0.849. The molecule has 0 amide bonds. The van der Waals surface area contributed by atoms with Crippen LogP contribution in [0.3, 0.4) is 0 Å². The lowest BCUT2D eigenvalue weighted by molar-refractivity contribution is -0.00799. The van der Waals surface area contributed by atoms with Crippen molar-refractivity contribution in [3.05, 3.63) is 0 Å². The van der Waals surface area contributed by atoms with Crippen molar-refractivity contribution >= 4 is 0 Å². The molecule has 2 saturated heterocycles. The third-order valence-electron chi connectivity index (χ3n) is 6.23. The molecule has 1 saturated carbocycles. The predicted octanol–water partition coefficient (Wildman–Crippen LogP) is 2.21. The highest BCUT2D eigenvalue weighted by atomic mass is 15.3. The van der Waals surface area contributed by atoms with Gasteiger partial charge in [0.05, 0.1) is 0 Å².